The smallest absolute Gasteiger partial charge is 0.237 e. The molecule has 1 saturated heterocycles. The summed E-state index contributed by atoms with van der Waals surface area (Å²) >= 11 is 0. The first-order valence-electron chi connectivity index (χ1n) is 5.48. The SMILES string of the molecule is CS(=O)(=O)NC1CC(=O)CN(NS(C)(=O)=O)NC(=O)C1. The highest BCUT2D eigenvalue weighted by Crippen LogP contribution is 2.05. The van der Waals surface area contributed by atoms with Crippen LogP contribution >= 0.6 is 0 Å². The third-order valence-electron chi connectivity index (χ3n) is 2.16. The van der Waals surface area contributed by atoms with Crippen molar-refractivity contribution >= 4 is 31.7 Å². The molecule has 1 amide bonds. The molecule has 1 aliphatic rings. The molecule has 0 aromatic heterocycles. The van der Waals surface area contributed by atoms with Crippen molar-refractivity contribution in [2.45, 2.75) is 18.9 Å². The molecule has 20 heavy (non-hydrogen) atoms. The van der Waals surface area contributed by atoms with E-state index in [1.54, 1.807) is 0 Å². The van der Waals surface area contributed by atoms with E-state index in [-0.39, 0.29) is 12.8 Å². The fourth-order valence-electron chi connectivity index (χ4n) is 1.69. The van der Waals surface area contributed by atoms with Crippen LogP contribution in [0.25, 0.3) is 0 Å². The van der Waals surface area contributed by atoms with Crippen molar-refractivity contribution in [3.8, 4) is 0 Å². The van der Waals surface area contributed by atoms with Gasteiger partial charge in [-0.1, -0.05) is 0 Å². The van der Waals surface area contributed by atoms with Gasteiger partial charge in [0, 0.05) is 18.9 Å². The molecule has 1 unspecified atom stereocenters. The van der Waals surface area contributed by atoms with Crippen LogP contribution in [-0.2, 0) is 29.6 Å². The van der Waals surface area contributed by atoms with Gasteiger partial charge in [0.15, 0.2) is 5.78 Å². The molecule has 116 valence electrons. The summed E-state index contributed by atoms with van der Waals surface area (Å²) in [7, 11) is -7.19. The van der Waals surface area contributed by atoms with E-state index < -0.39 is 44.3 Å². The maximum atomic E-state index is 11.7. The van der Waals surface area contributed by atoms with Crippen molar-refractivity contribution in [2.24, 2.45) is 0 Å². The number of carbonyl (C=O) groups is 2. The van der Waals surface area contributed by atoms with Crippen molar-refractivity contribution in [2.75, 3.05) is 19.1 Å². The molecule has 0 radical (unpaired) electrons. The van der Waals surface area contributed by atoms with Gasteiger partial charge in [0.05, 0.1) is 19.1 Å². The molecule has 10 nitrogen and oxygen atoms in total. The Morgan fingerprint density at radius 3 is 2.20 bits per heavy atom. The van der Waals surface area contributed by atoms with Crippen LogP contribution in [0.5, 0.6) is 0 Å². The summed E-state index contributed by atoms with van der Waals surface area (Å²) < 4.78 is 46.5. The number of nitrogens with one attached hydrogen (secondary N) is 3. The van der Waals surface area contributed by atoms with Crippen molar-refractivity contribution in [3.05, 3.63) is 0 Å². The van der Waals surface area contributed by atoms with Crippen LogP contribution in [0, 0.1) is 0 Å². The van der Waals surface area contributed by atoms with E-state index >= 15 is 0 Å². The molecule has 0 spiro atoms. The average Bonchev–Trinajstić information content (AvgIpc) is 2.07. The second kappa shape index (κ2) is 6.13. The third kappa shape index (κ3) is 6.91. The number of rotatable bonds is 4. The Bertz CT molecular complexity index is 528. The average molecular weight is 328 g/mol. The molecule has 1 fully saturated rings. The molecule has 1 heterocycles. The Morgan fingerprint density at radius 2 is 1.70 bits per heavy atom. The quantitative estimate of drug-likeness (QED) is 0.501. The van der Waals surface area contributed by atoms with Gasteiger partial charge in [0.1, 0.15) is 0 Å². The van der Waals surface area contributed by atoms with Crippen LogP contribution in [-0.4, -0.2) is 58.7 Å². The molecule has 0 aromatic carbocycles. The zero-order valence-corrected chi connectivity index (χ0v) is 12.5. The van der Waals surface area contributed by atoms with Gasteiger partial charge in [-0.2, -0.15) is 0 Å². The summed E-state index contributed by atoms with van der Waals surface area (Å²) in [6.07, 6.45) is 1.31. The molecule has 1 atom stereocenters. The lowest BCUT2D eigenvalue weighted by atomic mass is 10.1. The van der Waals surface area contributed by atoms with Crippen LogP contribution in [0.4, 0.5) is 0 Å². The molecule has 12 heteroatoms. The van der Waals surface area contributed by atoms with Crippen molar-refractivity contribution in [1.82, 2.24) is 20.1 Å². The van der Waals surface area contributed by atoms with Gasteiger partial charge in [-0.3, -0.25) is 15.0 Å². The van der Waals surface area contributed by atoms with E-state index in [9.17, 15) is 26.4 Å². The van der Waals surface area contributed by atoms with Crippen molar-refractivity contribution in [3.63, 3.8) is 0 Å². The predicted molar refractivity (Wildman–Crippen MR) is 68.8 cm³/mol. The number of nitrogens with zero attached hydrogens (tertiary/aromatic N) is 1. The van der Waals surface area contributed by atoms with Gasteiger partial charge >= 0.3 is 0 Å². The highest BCUT2D eigenvalue weighted by molar-refractivity contribution is 7.88. The maximum Gasteiger partial charge on any atom is 0.237 e. The van der Waals surface area contributed by atoms with Crippen LogP contribution in [0.15, 0.2) is 0 Å². The minimum Gasteiger partial charge on any atom is -0.298 e. The van der Waals surface area contributed by atoms with Crippen LogP contribution in [0.1, 0.15) is 12.8 Å². The van der Waals surface area contributed by atoms with Gasteiger partial charge in [-0.25, -0.2) is 21.6 Å². The Labute approximate surface area is 116 Å². The zero-order chi connectivity index (χ0) is 15.6. The maximum absolute atomic E-state index is 11.7. The Kier molecular flexibility index (Phi) is 5.21. The van der Waals surface area contributed by atoms with E-state index in [4.69, 9.17) is 0 Å². The van der Waals surface area contributed by atoms with E-state index in [1.807, 2.05) is 4.83 Å². The number of Topliss-reactive ketones (excluding diaryl/α,β-unsaturated/α-hetero) is 1. The number of amides is 1. The third-order valence-corrected chi connectivity index (χ3v) is 3.47. The van der Waals surface area contributed by atoms with E-state index in [1.165, 1.54) is 0 Å². The van der Waals surface area contributed by atoms with Gasteiger partial charge in [0.25, 0.3) is 0 Å². The van der Waals surface area contributed by atoms with E-state index in [2.05, 4.69) is 10.1 Å². The van der Waals surface area contributed by atoms with Crippen LogP contribution in [0.3, 0.4) is 0 Å². The molecule has 0 aliphatic carbocycles. The first-order chi connectivity index (χ1) is 8.94. The van der Waals surface area contributed by atoms with E-state index in [0.717, 1.165) is 17.6 Å². The van der Waals surface area contributed by atoms with Crippen LogP contribution in [0.2, 0.25) is 0 Å². The van der Waals surface area contributed by atoms with Crippen molar-refractivity contribution in [1.29, 1.82) is 0 Å². The normalized spacial score (nSPS) is 23.0. The minimum atomic E-state index is -3.64. The highest BCUT2D eigenvalue weighted by atomic mass is 32.2. The first-order valence-corrected chi connectivity index (χ1v) is 9.26. The van der Waals surface area contributed by atoms with Gasteiger partial charge in [-0.15, -0.1) is 9.95 Å². The summed E-state index contributed by atoms with van der Waals surface area (Å²) in [4.78, 5) is 25.2. The fourth-order valence-corrected chi connectivity index (χ4v) is 2.97. The Morgan fingerprint density at radius 1 is 1.10 bits per heavy atom. The lowest BCUT2D eigenvalue weighted by molar-refractivity contribution is -0.132. The lowest BCUT2D eigenvalue weighted by Gasteiger charge is -2.27. The summed E-state index contributed by atoms with van der Waals surface area (Å²) in [6, 6.07) is -0.849. The summed E-state index contributed by atoms with van der Waals surface area (Å²) in [5.41, 5.74) is 2.17. The second-order valence-corrected chi connectivity index (χ2v) is 8.03. The van der Waals surface area contributed by atoms with Gasteiger partial charge in [0.2, 0.25) is 26.0 Å². The van der Waals surface area contributed by atoms with Crippen LogP contribution < -0.4 is 15.0 Å². The molecule has 0 saturated carbocycles. The molecule has 0 aromatic rings. The number of ketones is 1. The van der Waals surface area contributed by atoms with Gasteiger partial charge < -0.3 is 0 Å². The largest absolute Gasteiger partial charge is 0.298 e. The topological polar surface area (TPSA) is 142 Å². The number of hydrazine groups is 2. The predicted octanol–water partition coefficient (Wildman–Crippen LogP) is -2.94. The standard InChI is InChI=1S/C8H16N4O6S2/c1-19(15,16)10-6-3-7(13)5-12(9-8(14)4-6)11-20(2,17)18/h6,10-11H,3-5H2,1-2H3,(H,9,14). The highest BCUT2D eigenvalue weighted by Gasteiger charge is 2.27. The second-order valence-electron chi connectivity index (χ2n) is 4.52. The van der Waals surface area contributed by atoms with E-state index in [0.29, 0.717) is 0 Å². The summed E-state index contributed by atoms with van der Waals surface area (Å²) in [5.74, 6) is -1.04. The lowest BCUT2D eigenvalue weighted by Crippen LogP contribution is -2.57. The number of sulfonamides is 2. The number of hydrogen-bond donors (Lipinski definition) is 3. The molecule has 1 aliphatic heterocycles. The molecular formula is C8H16N4O6S2. The summed E-state index contributed by atoms with van der Waals surface area (Å²) in [5, 5.41) is 0.761. The fraction of sp³-hybridized carbons (Fsp3) is 0.750. The molecule has 0 bridgehead atoms. The van der Waals surface area contributed by atoms with Crippen molar-refractivity contribution < 1.29 is 26.4 Å². The zero-order valence-electron chi connectivity index (χ0n) is 10.9. The minimum absolute atomic E-state index is 0.206. The number of hydrogen-bond acceptors (Lipinski definition) is 7. The molecular weight excluding hydrogens is 312 g/mol. The molecule has 3 N–H and O–H groups in total. The Balaban J connectivity index is 2.78. The number of carbonyl (C=O) groups excluding carboxylic acids is 2. The summed E-state index contributed by atoms with van der Waals surface area (Å²) in [6.45, 7) is -0.402. The Hall–Kier alpha value is -1.08. The van der Waals surface area contributed by atoms with Gasteiger partial charge in [-0.05, 0) is 0 Å². The monoisotopic (exact) mass is 328 g/mol. The first kappa shape index (κ1) is 17.0. The molecule has 1 rings (SSSR count).